The molecule has 0 amide bonds. The fraction of sp³-hybridized carbons (Fsp3) is 0.0500. The molecule has 0 aliphatic rings. The zero-order valence-corrected chi connectivity index (χ0v) is 15.8. The van der Waals surface area contributed by atoms with Crippen LogP contribution in [0.15, 0.2) is 52.6 Å². The Morgan fingerprint density at radius 3 is 2.70 bits per heavy atom. The first-order chi connectivity index (χ1) is 13.0. The smallest absolute Gasteiger partial charge is 0.266 e. The van der Waals surface area contributed by atoms with Gasteiger partial charge in [-0.25, -0.2) is 14.4 Å². The lowest BCUT2D eigenvalue weighted by Crippen LogP contribution is -2.22. The Morgan fingerprint density at radius 2 is 1.96 bits per heavy atom. The van der Waals surface area contributed by atoms with Gasteiger partial charge in [0.25, 0.3) is 5.56 Å². The van der Waals surface area contributed by atoms with Crippen molar-refractivity contribution < 1.29 is 4.39 Å². The third kappa shape index (κ3) is 3.41. The zero-order chi connectivity index (χ0) is 19.0. The molecule has 0 atom stereocenters. The molecule has 0 unspecified atom stereocenters. The number of fused-ring (bicyclic) bond motifs is 1. The van der Waals surface area contributed by atoms with Gasteiger partial charge in [0.05, 0.1) is 32.3 Å². The maximum atomic E-state index is 13.7. The number of para-hydroxylation sites is 1. The largest absolute Gasteiger partial charge is 0.268 e. The molecule has 0 radical (unpaired) electrons. The van der Waals surface area contributed by atoms with Crippen LogP contribution in [0.25, 0.3) is 28.7 Å². The van der Waals surface area contributed by atoms with E-state index in [1.807, 2.05) is 12.3 Å². The molecule has 0 aliphatic carbocycles. The molecule has 0 saturated carbocycles. The maximum absolute atomic E-state index is 13.7. The second-order valence-electron chi connectivity index (χ2n) is 5.85. The van der Waals surface area contributed by atoms with Crippen molar-refractivity contribution in [1.82, 2.24) is 14.5 Å². The quantitative estimate of drug-likeness (QED) is 0.482. The number of halogens is 2. The normalized spacial score (nSPS) is 11.5. The van der Waals surface area contributed by atoms with Crippen molar-refractivity contribution in [2.24, 2.45) is 0 Å². The van der Waals surface area contributed by atoms with Gasteiger partial charge in [-0.3, -0.25) is 9.36 Å². The number of aryl methyl sites for hydroxylation is 1. The van der Waals surface area contributed by atoms with E-state index in [4.69, 9.17) is 11.6 Å². The van der Waals surface area contributed by atoms with Crippen LogP contribution < -0.4 is 5.56 Å². The van der Waals surface area contributed by atoms with Crippen molar-refractivity contribution in [2.45, 2.75) is 6.92 Å². The summed E-state index contributed by atoms with van der Waals surface area (Å²) in [5, 5.41) is 3.45. The van der Waals surface area contributed by atoms with Crippen molar-refractivity contribution >= 4 is 46.0 Å². The molecule has 4 rings (SSSR count). The first kappa shape index (κ1) is 17.6. The second kappa shape index (κ2) is 7.06. The van der Waals surface area contributed by atoms with Crippen LogP contribution in [0.1, 0.15) is 16.5 Å². The van der Waals surface area contributed by atoms with Gasteiger partial charge in [-0.2, -0.15) is 0 Å². The van der Waals surface area contributed by atoms with Crippen molar-refractivity contribution in [3.8, 4) is 5.69 Å². The molecule has 0 bridgehead atoms. The number of hydrogen-bond donors (Lipinski definition) is 0. The van der Waals surface area contributed by atoms with E-state index in [-0.39, 0.29) is 10.9 Å². The van der Waals surface area contributed by atoms with E-state index >= 15 is 0 Å². The molecule has 27 heavy (non-hydrogen) atoms. The monoisotopic (exact) mass is 397 g/mol. The van der Waals surface area contributed by atoms with Crippen molar-refractivity contribution in [3.63, 3.8) is 0 Å². The minimum atomic E-state index is -0.492. The molecule has 4 nitrogen and oxygen atoms in total. The molecule has 7 heteroatoms. The molecule has 0 saturated heterocycles. The van der Waals surface area contributed by atoms with Crippen LogP contribution in [0.2, 0.25) is 5.02 Å². The molecule has 2 aromatic carbocycles. The standard InChI is InChI=1S/C20H13ClFN3OS/c1-12-23-14(11-27-12)7-9-19-24-17-8-6-13(22)10-15(17)20(26)25(19)18-5-3-2-4-16(18)21/h2-11H,1H3/b9-7+. The minimum absolute atomic E-state index is 0.191. The Labute approximate surface area is 163 Å². The second-order valence-corrected chi connectivity index (χ2v) is 7.32. The van der Waals surface area contributed by atoms with E-state index in [0.29, 0.717) is 22.1 Å². The third-order valence-electron chi connectivity index (χ3n) is 3.99. The highest BCUT2D eigenvalue weighted by Crippen LogP contribution is 2.22. The molecule has 0 aliphatic heterocycles. The predicted octanol–water partition coefficient (Wildman–Crippen LogP) is 5.11. The van der Waals surface area contributed by atoms with Crippen LogP contribution in [0.3, 0.4) is 0 Å². The number of nitrogens with zero attached hydrogens (tertiary/aromatic N) is 3. The van der Waals surface area contributed by atoms with E-state index in [1.54, 1.807) is 36.4 Å². The van der Waals surface area contributed by atoms with Gasteiger partial charge in [-0.05, 0) is 49.4 Å². The number of hydrogen-bond acceptors (Lipinski definition) is 4. The maximum Gasteiger partial charge on any atom is 0.266 e. The van der Waals surface area contributed by atoms with Gasteiger partial charge in [0.2, 0.25) is 0 Å². The van der Waals surface area contributed by atoms with E-state index in [2.05, 4.69) is 9.97 Å². The average molecular weight is 398 g/mol. The SMILES string of the molecule is Cc1nc(/C=C/c2nc3ccc(F)cc3c(=O)n2-c2ccccc2Cl)cs1. The summed E-state index contributed by atoms with van der Waals surface area (Å²) in [6.45, 7) is 1.92. The van der Waals surface area contributed by atoms with E-state index in [0.717, 1.165) is 10.7 Å². The molecule has 0 N–H and O–H groups in total. The lowest BCUT2D eigenvalue weighted by molar-refractivity contribution is 0.629. The van der Waals surface area contributed by atoms with Gasteiger partial charge >= 0.3 is 0 Å². The fourth-order valence-corrected chi connectivity index (χ4v) is 3.57. The molecule has 2 aromatic heterocycles. The van der Waals surface area contributed by atoms with E-state index in [1.165, 1.54) is 34.1 Å². The summed E-state index contributed by atoms with van der Waals surface area (Å²) in [7, 11) is 0. The molecular weight excluding hydrogens is 385 g/mol. The topological polar surface area (TPSA) is 47.8 Å². The molecule has 2 heterocycles. The Hall–Kier alpha value is -2.83. The summed E-state index contributed by atoms with van der Waals surface area (Å²) in [6, 6.07) is 10.9. The Kier molecular flexibility index (Phi) is 4.59. The van der Waals surface area contributed by atoms with E-state index < -0.39 is 5.82 Å². The van der Waals surface area contributed by atoms with E-state index in [9.17, 15) is 9.18 Å². The number of rotatable bonds is 3. The first-order valence-electron chi connectivity index (χ1n) is 8.10. The molecule has 0 fully saturated rings. The van der Waals surface area contributed by atoms with Crippen LogP contribution in [0.4, 0.5) is 4.39 Å². The Morgan fingerprint density at radius 1 is 1.15 bits per heavy atom. The van der Waals surface area contributed by atoms with Crippen molar-refractivity contribution in [1.29, 1.82) is 0 Å². The number of benzene rings is 2. The summed E-state index contributed by atoms with van der Waals surface area (Å²) in [6.07, 6.45) is 3.50. The van der Waals surface area contributed by atoms with Crippen LogP contribution in [-0.2, 0) is 0 Å². The summed E-state index contributed by atoms with van der Waals surface area (Å²) in [5.74, 6) is -0.105. The Bertz CT molecular complexity index is 1250. The minimum Gasteiger partial charge on any atom is -0.268 e. The predicted molar refractivity (Wildman–Crippen MR) is 108 cm³/mol. The average Bonchev–Trinajstić information content (AvgIpc) is 3.07. The molecule has 0 spiro atoms. The fourth-order valence-electron chi connectivity index (χ4n) is 2.77. The first-order valence-corrected chi connectivity index (χ1v) is 9.36. The highest BCUT2D eigenvalue weighted by molar-refractivity contribution is 7.09. The number of aromatic nitrogens is 3. The summed E-state index contributed by atoms with van der Waals surface area (Å²) < 4.78 is 15.1. The zero-order valence-electron chi connectivity index (χ0n) is 14.2. The van der Waals surface area contributed by atoms with Gasteiger partial charge in [0.15, 0.2) is 0 Å². The van der Waals surface area contributed by atoms with Gasteiger partial charge in [0.1, 0.15) is 11.6 Å². The van der Waals surface area contributed by atoms with Crippen LogP contribution in [0, 0.1) is 12.7 Å². The summed E-state index contributed by atoms with van der Waals surface area (Å²) in [4.78, 5) is 22.0. The van der Waals surface area contributed by atoms with Gasteiger partial charge in [-0.1, -0.05) is 23.7 Å². The lowest BCUT2D eigenvalue weighted by Gasteiger charge is -2.12. The highest BCUT2D eigenvalue weighted by Gasteiger charge is 2.14. The number of thiazole rings is 1. The third-order valence-corrected chi connectivity index (χ3v) is 5.10. The Balaban J connectivity index is 2.00. The van der Waals surface area contributed by atoms with Crippen LogP contribution >= 0.6 is 22.9 Å². The molecular formula is C20H13ClFN3OS. The van der Waals surface area contributed by atoms with Gasteiger partial charge < -0.3 is 0 Å². The van der Waals surface area contributed by atoms with Crippen LogP contribution in [-0.4, -0.2) is 14.5 Å². The highest BCUT2D eigenvalue weighted by atomic mass is 35.5. The van der Waals surface area contributed by atoms with Crippen molar-refractivity contribution in [2.75, 3.05) is 0 Å². The van der Waals surface area contributed by atoms with Crippen LogP contribution in [0.5, 0.6) is 0 Å². The lowest BCUT2D eigenvalue weighted by atomic mass is 10.2. The molecule has 4 aromatic rings. The summed E-state index contributed by atoms with van der Waals surface area (Å²) >= 11 is 7.85. The molecule has 134 valence electrons. The van der Waals surface area contributed by atoms with Gasteiger partial charge in [-0.15, -0.1) is 11.3 Å². The van der Waals surface area contributed by atoms with Gasteiger partial charge in [0, 0.05) is 5.38 Å². The summed E-state index contributed by atoms with van der Waals surface area (Å²) in [5.41, 5.74) is 1.29. The van der Waals surface area contributed by atoms with Crippen molar-refractivity contribution in [3.05, 3.63) is 85.6 Å².